The van der Waals surface area contributed by atoms with Crippen LogP contribution in [0, 0.1) is 6.92 Å². The van der Waals surface area contributed by atoms with Crippen molar-refractivity contribution in [1.29, 1.82) is 0 Å². The number of benzene rings is 1. The lowest BCUT2D eigenvalue weighted by Crippen LogP contribution is -2.18. The van der Waals surface area contributed by atoms with E-state index >= 15 is 0 Å². The molecule has 0 aliphatic heterocycles. The summed E-state index contributed by atoms with van der Waals surface area (Å²) in [6.07, 6.45) is 1.33. The quantitative estimate of drug-likeness (QED) is 0.838. The van der Waals surface area contributed by atoms with E-state index in [4.69, 9.17) is 0 Å². The average molecular weight is 234 g/mol. The van der Waals surface area contributed by atoms with Gasteiger partial charge in [-0.15, -0.1) is 0 Å². The first kappa shape index (κ1) is 13.2. The molecule has 0 aliphatic rings. The smallest absolute Gasteiger partial charge is 0.251 e. The van der Waals surface area contributed by atoms with Crippen LogP contribution in [0.1, 0.15) is 35.7 Å². The molecule has 1 aromatic carbocycles. The summed E-state index contributed by atoms with van der Waals surface area (Å²) in [4.78, 5) is 22.9. The van der Waals surface area contributed by atoms with Gasteiger partial charge in [-0.3, -0.25) is 9.59 Å². The van der Waals surface area contributed by atoms with E-state index in [-0.39, 0.29) is 11.8 Å². The standard InChI is InChI=1S/C13H18N2O2/c1-4-5-12(16)15-11-7-6-10(8-9(11)2)13(17)14-3/h6-8H,4-5H2,1-3H3,(H,14,17)(H,15,16). The molecule has 2 N–H and O–H groups in total. The molecule has 1 rings (SSSR count). The molecular formula is C13H18N2O2. The fourth-order valence-electron chi connectivity index (χ4n) is 1.53. The molecule has 17 heavy (non-hydrogen) atoms. The Morgan fingerprint density at radius 3 is 2.53 bits per heavy atom. The van der Waals surface area contributed by atoms with Gasteiger partial charge in [0.2, 0.25) is 5.91 Å². The van der Waals surface area contributed by atoms with Crippen molar-refractivity contribution in [3.05, 3.63) is 29.3 Å². The molecule has 0 atom stereocenters. The molecular weight excluding hydrogens is 216 g/mol. The van der Waals surface area contributed by atoms with Gasteiger partial charge in [-0.1, -0.05) is 6.92 Å². The maximum absolute atomic E-state index is 11.4. The Kier molecular flexibility index (Phi) is 4.69. The second-order valence-electron chi connectivity index (χ2n) is 3.91. The van der Waals surface area contributed by atoms with Gasteiger partial charge in [0.1, 0.15) is 0 Å². The summed E-state index contributed by atoms with van der Waals surface area (Å²) in [7, 11) is 1.59. The van der Waals surface area contributed by atoms with Crippen molar-refractivity contribution in [3.63, 3.8) is 0 Å². The average Bonchev–Trinajstić information content (AvgIpc) is 2.31. The van der Waals surface area contributed by atoms with Gasteiger partial charge in [0.15, 0.2) is 0 Å². The Balaban J connectivity index is 2.83. The predicted octanol–water partition coefficient (Wildman–Crippen LogP) is 2.09. The maximum atomic E-state index is 11.4. The van der Waals surface area contributed by atoms with E-state index in [0.29, 0.717) is 12.0 Å². The largest absolute Gasteiger partial charge is 0.355 e. The number of anilines is 1. The minimum atomic E-state index is -0.125. The van der Waals surface area contributed by atoms with Gasteiger partial charge >= 0.3 is 0 Å². The van der Waals surface area contributed by atoms with E-state index in [2.05, 4.69) is 10.6 Å². The normalized spacial score (nSPS) is 9.82. The summed E-state index contributed by atoms with van der Waals surface area (Å²) in [5, 5.41) is 5.39. The predicted molar refractivity (Wildman–Crippen MR) is 68.1 cm³/mol. The summed E-state index contributed by atoms with van der Waals surface area (Å²) in [6.45, 7) is 3.83. The van der Waals surface area contributed by atoms with Crippen LogP contribution in [0.2, 0.25) is 0 Å². The Hall–Kier alpha value is -1.84. The van der Waals surface area contributed by atoms with Crippen molar-refractivity contribution in [2.45, 2.75) is 26.7 Å². The van der Waals surface area contributed by atoms with Gasteiger partial charge in [-0.25, -0.2) is 0 Å². The van der Waals surface area contributed by atoms with Gasteiger partial charge in [0.25, 0.3) is 5.91 Å². The van der Waals surface area contributed by atoms with Crippen molar-refractivity contribution in [2.24, 2.45) is 0 Å². The molecule has 2 amide bonds. The molecule has 1 aromatic rings. The molecule has 4 nitrogen and oxygen atoms in total. The SMILES string of the molecule is CCCC(=O)Nc1ccc(C(=O)NC)cc1C. The molecule has 0 spiro atoms. The first-order valence-corrected chi connectivity index (χ1v) is 5.71. The number of carbonyl (C=O) groups excluding carboxylic acids is 2. The minimum absolute atomic E-state index is 0.00305. The lowest BCUT2D eigenvalue weighted by Gasteiger charge is -2.09. The molecule has 0 unspecified atom stereocenters. The van der Waals surface area contributed by atoms with Crippen LogP contribution in [0.15, 0.2) is 18.2 Å². The van der Waals surface area contributed by atoms with Crippen LogP contribution in [0.3, 0.4) is 0 Å². The molecule has 0 radical (unpaired) electrons. The van der Waals surface area contributed by atoms with Gasteiger partial charge in [-0.2, -0.15) is 0 Å². The number of rotatable bonds is 4. The van der Waals surface area contributed by atoms with Crippen LogP contribution in [0.5, 0.6) is 0 Å². The Labute approximate surface area is 101 Å². The molecule has 0 bridgehead atoms. The summed E-state index contributed by atoms with van der Waals surface area (Å²) >= 11 is 0. The summed E-state index contributed by atoms with van der Waals surface area (Å²) in [5.74, 6) is -0.122. The molecule has 4 heteroatoms. The number of hydrogen-bond donors (Lipinski definition) is 2. The number of hydrogen-bond acceptors (Lipinski definition) is 2. The highest BCUT2D eigenvalue weighted by molar-refractivity contribution is 5.96. The third kappa shape index (κ3) is 3.59. The van der Waals surface area contributed by atoms with Crippen LogP contribution < -0.4 is 10.6 Å². The highest BCUT2D eigenvalue weighted by Crippen LogP contribution is 2.16. The molecule has 0 saturated carbocycles. The number of carbonyl (C=O) groups is 2. The molecule has 0 aliphatic carbocycles. The topological polar surface area (TPSA) is 58.2 Å². The second-order valence-corrected chi connectivity index (χ2v) is 3.91. The van der Waals surface area contributed by atoms with Crippen LogP contribution in [0.4, 0.5) is 5.69 Å². The maximum Gasteiger partial charge on any atom is 0.251 e. The van der Waals surface area contributed by atoms with Crippen molar-refractivity contribution >= 4 is 17.5 Å². The highest BCUT2D eigenvalue weighted by Gasteiger charge is 2.07. The van der Waals surface area contributed by atoms with Crippen molar-refractivity contribution in [3.8, 4) is 0 Å². The zero-order valence-corrected chi connectivity index (χ0v) is 10.5. The zero-order chi connectivity index (χ0) is 12.8. The van der Waals surface area contributed by atoms with E-state index in [0.717, 1.165) is 17.7 Å². The second kappa shape index (κ2) is 6.03. The zero-order valence-electron chi connectivity index (χ0n) is 10.5. The first-order chi connectivity index (χ1) is 8.08. The molecule has 0 saturated heterocycles. The van der Waals surface area contributed by atoms with E-state index in [1.807, 2.05) is 13.8 Å². The van der Waals surface area contributed by atoms with E-state index in [1.165, 1.54) is 0 Å². The van der Waals surface area contributed by atoms with Gasteiger partial charge in [-0.05, 0) is 37.1 Å². The fraction of sp³-hybridized carbons (Fsp3) is 0.385. The van der Waals surface area contributed by atoms with Crippen molar-refractivity contribution < 1.29 is 9.59 Å². The monoisotopic (exact) mass is 234 g/mol. The number of nitrogens with one attached hydrogen (secondary N) is 2. The lowest BCUT2D eigenvalue weighted by molar-refractivity contribution is -0.116. The van der Waals surface area contributed by atoms with Crippen molar-refractivity contribution in [1.82, 2.24) is 5.32 Å². The third-order valence-corrected chi connectivity index (χ3v) is 2.47. The number of aryl methyl sites for hydroxylation is 1. The molecule has 92 valence electrons. The van der Waals surface area contributed by atoms with Gasteiger partial charge < -0.3 is 10.6 Å². The first-order valence-electron chi connectivity index (χ1n) is 5.71. The molecule has 0 heterocycles. The van der Waals surface area contributed by atoms with Crippen molar-refractivity contribution in [2.75, 3.05) is 12.4 Å². The number of amides is 2. The van der Waals surface area contributed by atoms with E-state index in [9.17, 15) is 9.59 Å². The Bertz CT molecular complexity index is 427. The summed E-state index contributed by atoms with van der Waals surface area (Å²) in [5.41, 5.74) is 2.24. The highest BCUT2D eigenvalue weighted by atomic mass is 16.2. The summed E-state index contributed by atoms with van der Waals surface area (Å²) < 4.78 is 0. The van der Waals surface area contributed by atoms with Gasteiger partial charge in [0.05, 0.1) is 0 Å². The van der Waals surface area contributed by atoms with E-state index in [1.54, 1.807) is 25.2 Å². The van der Waals surface area contributed by atoms with E-state index < -0.39 is 0 Å². The van der Waals surface area contributed by atoms with Crippen LogP contribution in [-0.2, 0) is 4.79 Å². The minimum Gasteiger partial charge on any atom is -0.355 e. The van der Waals surface area contributed by atoms with Crippen LogP contribution in [-0.4, -0.2) is 18.9 Å². The summed E-state index contributed by atoms with van der Waals surface area (Å²) in [6, 6.07) is 5.22. The Morgan fingerprint density at radius 1 is 1.29 bits per heavy atom. The van der Waals surface area contributed by atoms with Crippen LogP contribution in [0.25, 0.3) is 0 Å². The molecule has 0 aromatic heterocycles. The lowest BCUT2D eigenvalue weighted by atomic mass is 10.1. The molecule has 0 fully saturated rings. The third-order valence-electron chi connectivity index (χ3n) is 2.47. The Morgan fingerprint density at radius 2 is 2.00 bits per heavy atom. The fourth-order valence-corrected chi connectivity index (χ4v) is 1.53. The van der Waals surface area contributed by atoms with Gasteiger partial charge in [0, 0.05) is 24.7 Å². The van der Waals surface area contributed by atoms with Crippen LogP contribution >= 0.6 is 0 Å².